The predicted molar refractivity (Wildman–Crippen MR) is 73.3 cm³/mol. The van der Waals surface area contributed by atoms with Gasteiger partial charge in [-0.05, 0) is 18.1 Å². The number of hydrogen-bond donors (Lipinski definition) is 1. The Kier molecular flexibility index (Phi) is 5.57. The highest BCUT2D eigenvalue weighted by Gasteiger charge is 2.15. The number of carbonyl (C=O) groups excluding carboxylic acids is 1. The van der Waals surface area contributed by atoms with Gasteiger partial charge in [0, 0.05) is 6.54 Å². The van der Waals surface area contributed by atoms with Crippen molar-refractivity contribution in [2.45, 2.75) is 19.2 Å². The van der Waals surface area contributed by atoms with E-state index in [0.29, 0.717) is 23.0 Å². The van der Waals surface area contributed by atoms with Gasteiger partial charge in [-0.15, -0.1) is 11.6 Å². The van der Waals surface area contributed by atoms with E-state index in [0.717, 1.165) is 0 Å². The maximum atomic E-state index is 11.8. The van der Waals surface area contributed by atoms with Crippen LogP contribution in [0.4, 0.5) is 0 Å². The molecule has 1 atom stereocenters. The first-order valence-electron chi connectivity index (χ1n) is 5.29. The van der Waals surface area contributed by atoms with Crippen LogP contribution in [0.5, 0.6) is 0 Å². The standard InChI is InChI=1S/C12H14Cl3NO/c1-7(2)10(14)6-16-12(17)8-4-3-5-9(13)11(8)15/h3-5,7,10H,6H2,1-2H3,(H,16,17). The molecule has 0 aliphatic rings. The highest BCUT2D eigenvalue weighted by Crippen LogP contribution is 2.25. The first kappa shape index (κ1) is 14.6. The third-order valence-corrected chi connectivity index (χ3v) is 3.85. The van der Waals surface area contributed by atoms with Gasteiger partial charge in [0.05, 0.1) is 21.0 Å². The molecule has 0 heterocycles. The molecule has 17 heavy (non-hydrogen) atoms. The molecule has 5 heteroatoms. The summed E-state index contributed by atoms with van der Waals surface area (Å²) < 4.78 is 0. The summed E-state index contributed by atoms with van der Waals surface area (Å²) in [7, 11) is 0. The lowest BCUT2D eigenvalue weighted by Crippen LogP contribution is -2.32. The number of amides is 1. The van der Waals surface area contributed by atoms with Gasteiger partial charge in [0.2, 0.25) is 0 Å². The second-order valence-corrected chi connectivity index (χ2v) is 5.42. The Morgan fingerprint density at radius 2 is 2.00 bits per heavy atom. The number of carbonyl (C=O) groups is 1. The molecule has 0 saturated carbocycles. The lowest BCUT2D eigenvalue weighted by molar-refractivity contribution is 0.0952. The molecule has 1 unspecified atom stereocenters. The average molecular weight is 295 g/mol. The van der Waals surface area contributed by atoms with Crippen LogP contribution in [0.3, 0.4) is 0 Å². The van der Waals surface area contributed by atoms with Gasteiger partial charge in [0.1, 0.15) is 0 Å². The minimum Gasteiger partial charge on any atom is -0.350 e. The fourth-order valence-electron chi connectivity index (χ4n) is 1.20. The Balaban J connectivity index is 2.68. The molecule has 94 valence electrons. The number of nitrogens with one attached hydrogen (secondary N) is 1. The van der Waals surface area contributed by atoms with Crippen LogP contribution < -0.4 is 5.32 Å². The fraction of sp³-hybridized carbons (Fsp3) is 0.417. The van der Waals surface area contributed by atoms with Gasteiger partial charge in [0.15, 0.2) is 0 Å². The van der Waals surface area contributed by atoms with E-state index >= 15 is 0 Å². The summed E-state index contributed by atoms with van der Waals surface area (Å²) in [6.45, 7) is 4.40. The fourth-order valence-corrected chi connectivity index (χ4v) is 1.66. The van der Waals surface area contributed by atoms with Crippen LogP contribution in [0.1, 0.15) is 24.2 Å². The maximum Gasteiger partial charge on any atom is 0.252 e. The normalized spacial score (nSPS) is 12.6. The number of benzene rings is 1. The molecule has 1 N–H and O–H groups in total. The topological polar surface area (TPSA) is 29.1 Å². The average Bonchev–Trinajstić information content (AvgIpc) is 2.29. The van der Waals surface area contributed by atoms with Gasteiger partial charge in [0.25, 0.3) is 5.91 Å². The van der Waals surface area contributed by atoms with Gasteiger partial charge in [-0.2, -0.15) is 0 Å². The van der Waals surface area contributed by atoms with Crippen molar-refractivity contribution in [1.82, 2.24) is 5.32 Å². The van der Waals surface area contributed by atoms with E-state index in [-0.39, 0.29) is 16.3 Å². The monoisotopic (exact) mass is 293 g/mol. The minimum atomic E-state index is -0.260. The Morgan fingerprint density at radius 3 is 2.59 bits per heavy atom. The summed E-state index contributed by atoms with van der Waals surface area (Å²) in [6, 6.07) is 4.95. The van der Waals surface area contributed by atoms with Crippen molar-refractivity contribution in [3.05, 3.63) is 33.8 Å². The Bertz CT molecular complexity index is 407. The summed E-state index contributed by atoms with van der Waals surface area (Å²) >= 11 is 17.8. The number of hydrogen-bond acceptors (Lipinski definition) is 1. The third-order valence-electron chi connectivity index (χ3n) is 2.38. The van der Waals surface area contributed by atoms with Crippen LogP contribution in [0, 0.1) is 5.92 Å². The SMILES string of the molecule is CC(C)C(Cl)CNC(=O)c1cccc(Cl)c1Cl. The maximum absolute atomic E-state index is 11.8. The molecule has 0 bridgehead atoms. The Labute approximate surface area is 116 Å². The predicted octanol–water partition coefficient (Wildman–Crippen LogP) is 3.99. The molecule has 1 aromatic rings. The molecule has 0 aromatic heterocycles. The Hall–Kier alpha value is -0.440. The van der Waals surface area contributed by atoms with Crippen molar-refractivity contribution in [2.24, 2.45) is 5.92 Å². The highest BCUT2D eigenvalue weighted by molar-refractivity contribution is 6.43. The number of alkyl halides is 1. The van der Waals surface area contributed by atoms with Crippen LogP contribution in [0.15, 0.2) is 18.2 Å². The molecule has 0 radical (unpaired) electrons. The molecule has 1 rings (SSSR count). The quantitative estimate of drug-likeness (QED) is 0.836. The summed E-state index contributed by atoms with van der Waals surface area (Å²) in [6.07, 6.45) is 0. The summed E-state index contributed by atoms with van der Waals surface area (Å²) in [5, 5.41) is 3.27. The van der Waals surface area contributed by atoms with Crippen LogP contribution in [-0.2, 0) is 0 Å². The lowest BCUT2D eigenvalue weighted by Gasteiger charge is -2.14. The zero-order valence-corrected chi connectivity index (χ0v) is 11.9. The first-order chi connectivity index (χ1) is 7.93. The molecule has 0 aliphatic carbocycles. The zero-order chi connectivity index (χ0) is 13.0. The van der Waals surface area contributed by atoms with E-state index in [9.17, 15) is 4.79 Å². The van der Waals surface area contributed by atoms with Crippen molar-refractivity contribution >= 4 is 40.7 Å². The highest BCUT2D eigenvalue weighted by atomic mass is 35.5. The molecule has 0 aliphatic heterocycles. The zero-order valence-electron chi connectivity index (χ0n) is 9.64. The van der Waals surface area contributed by atoms with E-state index in [4.69, 9.17) is 34.8 Å². The third kappa shape index (κ3) is 4.06. The number of halogens is 3. The van der Waals surface area contributed by atoms with E-state index in [2.05, 4.69) is 5.32 Å². The van der Waals surface area contributed by atoms with E-state index < -0.39 is 0 Å². The number of rotatable bonds is 4. The molecule has 1 aromatic carbocycles. The summed E-state index contributed by atoms with van der Waals surface area (Å²) in [4.78, 5) is 11.8. The Morgan fingerprint density at radius 1 is 1.35 bits per heavy atom. The summed E-state index contributed by atoms with van der Waals surface area (Å²) in [5.41, 5.74) is 0.367. The van der Waals surface area contributed by atoms with Gasteiger partial charge in [-0.25, -0.2) is 0 Å². The van der Waals surface area contributed by atoms with Gasteiger partial charge in [-0.3, -0.25) is 4.79 Å². The second-order valence-electron chi connectivity index (χ2n) is 4.07. The van der Waals surface area contributed by atoms with Crippen LogP contribution in [0.25, 0.3) is 0 Å². The van der Waals surface area contributed by atoms with E-state index in [1.54, 1.807) is 18.2 Å². The van der Waals surface area contributed by atoms with Crippen molar-refractivity contribution in [3.63, 3.8) is 0 Å². The van der Waals surface area contributed by atoms with Crippen molar-refractivity contribution < 1.29 is 4.79 Å². The molecule has 2 nitrogen and oxygen atoms in total. The van der Waals surface area contributed by atoms with Crippen molar-refractivity contribution in [3.8, 4) is 0 Å². The van der Waals surface area contributed by atoms with E-state index in [1.165, 1.54) is 0 Å². The molecular weight excluding hydrogens is 280 g/mol. The van der Waals surface area contributed by atoms with Crippen molar-refractivity contribution in [1.29, 1.82) is 0 Å². The minimum absolute atomic E-state index is 0.100. The van der Waals surface area contributed by atoms with Crippen LogP contribution in [0.2, 0.25) is 10.0 Å². The van der Waals surface area contributed by atoms with E-state index in [1.807, 2.05) is 13.8 Å². The molecule has 0 spiro atoms. The molecule has 1 amide bonds. The largest absolute Gasteiger partial charge is 0.350 e. The smallest absolute Gasteiger partial charge is 0.252 e. The van der Waals surface area contributed by atoms with Gasteiger partial charge in [-0.1, -0.05) is 43.1 Å². The molecular formula is C12H14Cl3NO. The first-order valence-corrected chi connectivity index (χ1v) is 6.49. The molecule has 0 fully saturated rings. The van der Waals surface area contributed by atoms with Gasteiger partial charge < -0.3 is 5.32 Å². The van der Waals surface area contributed by atoms with Gasteiger partial charge >= 0.3 is 0 Å². The second kappa shape index (κ2) is 6.48. The van der Waals surface area contributed by atoms with Crippen molar-refractivity contribution in [2.75, 3.05) is 6.54 Å². The summed E-state index contributed by atoms with van der Waals surface area (Å²) in [5.74, 6) is 0.0376. The molecule has 0 saturated heterocycles. The lowest BCUT2D eigenvalue weighted by atomic mass is 10.1. The van der Waals surface area contributed by atoms with Crippen LogP contribution >= 0.6 is 34.8 Å². The van der Waals surface area contributed by atoms with Crippen LogP contribution in [-0.4, -0.2) is 17.8 Å².